The number of rotatable bonds is 5. The fourth-order valence-electron chi connectivity index (χ4n) is 1.11. The molecule has 4 heteroatoms. The van der Waals surface area contributed by atoms with E-state index in [1.54, 1.807) is 20.3 Å². The van der Waals surface area contributed by atoms with Crippen molar-refractivity contribution in [2.75, 3.05) is 14.2 Å². The Morgan fingerprint density at radius 1 is 1.20 bits per heavy atom. The zero-order valence-corrected chi connectivity index (χ0v) is 10.3. The van der Waals surface area contributed by atoms with Crippen LogP contribution in [0.5, 0.6) is 5.75 Å². The summed E-state index contributed by atoms with van der Waals surface area (Å²) in [6.45, 7) is 5.57. The Bertz CT molecular complexity index is 334. The van der Waals surface area contributed by atoms with E-state index in [2.05, 4.69) is 6.58 Å². The molecule has 1 aromatic rings. The molecule has 0 bridgehead atoms. The van der Waals surface area contributed by atoms with E-state index >= 15 is 0 Å². The third kappa shape index (κ3) is 2.92. The minimum absolute atomic E-state index is 0.741. The predicted molar refractivity (Wildman–Crippen MR) is 62.8 cm³/mol. The van der Waals surface area contributed by atoms with Crippen molar-refractivity contribution in [2.45, 2.75) is 6.55 Å². The maximum atomic E-state index is 5.75. The summed E-state index contributed by atoms with van der Waals surface area (Å²) in [7, 11) is 0.645. The number of benzene rings is 1. The molecular weight excluding hydrogens is 208 g/mol. The van der Waals surface area contributed by atoms with Gasteiger partial charge in [0, 0.05) is 26.3 Å². The summed E-state index contributed by atoms with van der Waals surface area (Å²) in [6.07, 6.45) is 1.75. The predicted octanol–water partition coefficient (Wildman–Crippen LogP) is 2.57. The SMILES string of the molecule is C=Cc1ccccc1O[Si](C)(OC)OC. The Kier molecular flexibility index (Phi) is 4.08. The van der Waals surface area contributed by atoms with Gasteiger partial charge in [-0.25, -0.2) is 0 Å². The lowest BCUT2D eigenvalue weighted by atomic mass is 10.2. The van der Waals surface area contributed by atoms with Crippen molar-refractivity contribution in [1.29, 1.82) is 0 Å². The normalized spacial score (nSPS) is 11.1. The van der Waals surface area contributed by atoms with Gasteiger partial charge in [0.15, 0.2) is 0 Å². The minimum Gasteiger partial charge on any atom is -0.500 e. The Hall–Kier alpha value is -1.10. The van der Waals surface area contributed by atoms with Crippen molar-refractivity contribution in [2.24, 2.45) is 0 Å². The van der Waals surface area contributed by atoms with Crippen LogP contribution in [0.3, 0.4) is 0 Å². The first kappa shape index (κ1) is 12.0. The highest BCUT2D eigenvalue weighted by molar-refractivity contribution is 6.59. The molecule has 1 rings (SSSR count). The molecule has 0 aliphatic heterocycles. The molecule has 0 spiro atoms. The first-order valence-corrected chi connectivity index (χ1v) is 6.88. The second kappa shape index (κ2) is 5.11. The average Bonchev–Trinajstić information content (AvgIpc) is 2.29. The van der Waals surface area contributed by atoms with E-state index in [4.69, 9.17) is 13.3 Å². The average molecular weight is 224 g/mol. The van der Waals surface area contributed by atoms with Crippen LogP contribution in [0.4, 0.5) is 0 Å². The zero-order valence-electron chi connectivity index (χ0n) is 9.32. The lowest BCUT2D eigenvalue weighted by Gasteiger charge is -2.23. The van der Waals surface area contributed by atoms with Gasteiger partial charge in [-0.3, -0.25) is 0 Å². The van der Waals surface area contributed by atoms with Gasteiger partial charge >= 0.3 is 8.80 Å². The van der Waals surface area contributed by atoms with Crippen LogP contribution in [0.1, 0.15) is 5.56 Å². The molecule has 0 aliphatic carbocycles. The molecule has 0 aliphatic rings. The van der Waals surface area contributed by atoms with Gasteiger partial charge in [0.1, 0.15) is 5.75 Å². The Labute approximate surface area is 91.7 Å². The molecule has 3 nitrogen and oxygen atoms in total. The molecule has 0 saturated heterocycles. The van der Waals surface area contributed by atoms with Crippen LogP contribution in [0, 0.1) is 0 Å². The molecule has 0 saturated carbocycles. The molecule has 82 valence electrons. The molecule has 0 fully saturated rings. The van der Waals surface area contributed by atoms with Crippen LogP contribution in [-0.4, -0.2) is 23.0 Å². The molecule has 0 atom stereocenters. The van der Waals surface area contributed by atoms with Crippen molar-refractivity contribution in [3.05, 3.63) is 36.4 Å². The van der Waals surface area contributed by atoms with Crippen LogP contribution in [0.2, 0.25) is 6.55 Å². The summed E-state index contributed by atoms with van der Waals surface area (Å²) < 4.78 is 16.2. The summed E-state index contributed by atoms with van der Waals surface area (Å²) in [5.41, 5.74) is 0.935. The van der Waals surface area contributed by atoms with Crippen LogP contribution in [0.15, 0.2) is 30.8 Å². The molecule has 1 aromatic carbocycles. The highest BCUT2D eigenvalue weighted by Crippen LogP contribution is 2.22. The van der Waals surface area contributed by atoms with E-state index in [0.717, 1.165) is 11.3 Å². The summed E-state index contributed by atoms with van der Waals surface area (Å²) in [5.74, 6) is 0.741. The first-order valence-electron chi connectivity index (χ1n) is 4.66. The minimum atomic E-state index is -2.53. The van der Waals surface area contributed by atoms with E-state index in [0.29, 0.717) is 0 Å². The quantitative estimate of drug-likeness (QED) is 0.719. The van der Waals surface area contributed by atoms with Crippen LogP contribution < -0.4 is 4.43 Å². The second-order valence-electron chi connectivity index (χ2n) is 3.11. The van der Waals surface area contributed by atoms with Crippen LogP contribution in [-0.2, 0) is 8.85 Å². The molecular formula is C11H16O3Si. The monoisotopic (exact) mass is 224 g/mol. The Balaban J connectivity index is 2.92. The van der Waals surface area contributed by atoms with E-state index in [9.17, 15) is 0 Å². The second-order valence-corrected chi connectivity index (χ2v) is 5.86. The van der Waals surface area contributed by atoms with Gasteiger partial charge in [0.2, 0.25) is 0 Å². The Morgan fingerprint density at radius 2 is 1.80 bits per heavy atom. The maximum absolute atomic E-state index is 5.75. The first-order chi connectivity index (χ1) is 7.15. The van der Waals surface area contributed by atoms with Gasteiger partial charge in [-0.05, 0) is 6.07 Å². The molecule has 0 N–H and O–H groups in total. The van der Waals surface area contributed by atoms with E-state index in [1.165, 1.54) is 0 Å². The summed E-state index contributed by atoms with van der Waals surface area (Å²) in [4.78, 5) is 0. The summed E-state index contributed by atoms with van der Waals surface area (Å²) in [6, 6.07) is 7.65. The standard InChI is InChI=1S/C11H16O3Si/c1-5-10-8-6-7-9-11(10)14-15(4,12-2)13-3/h5-9H,1H2,2-4H3. The topological polar surface area (TPSA) is 27.7 Å². The van der Waals surface area contributed by atoms with Crippen molar-refractivity contribution in [3.63, 3.8) is 0 Å². The summed E-state index contributed by atoms with van der Waals surface area (Å²) >= 11 is 0. The fraction of sp³-hybridized carbons (Fsp3) is 0.273. The van der Waals surface area contributed by atoms with Crippen molar-refractivity contribution >= 4 is 14.9 Å². The van der Waals surface area contributed by atoms with E-state index in [-0.39, 0.29) is 0 Å². The molecule has 0 amide bonds. The number of hydrogen-bond donors (Lipinski definition) is 0. The highest BCUT2D eigenvalue weighted by atomic mass is 28.4. The largest absolute Gasteiger partial charge is 0.562 e. The van der Waals surface area contributed by atoms with Crippen LogP contribution in [0.25, 0.3) is 6.08 Å². The molecule has 0 heterocycles. The fourth-order valence-corrected chi connectivity index (χ4v) is 2.03. The van der Waals surface area contributed by atoms with Gasteiger partial charge in [0.25, 0.3) is 0 Å². The van der Waals surface area contributed by atoms with Gasteiger partial charge in [-0.1, -0.05) is 30.9 Å². The van der Waals surface area contributed by atoms with Crippen molar-refractivity contribution in [3.8, 4) is 5.75 Å². The van der Waals surface area contributed by atoms with Gasteiger partial charge in [-0.15, -0.1) is 0 Å². The third-order valence-electron chi connectivity index (χ3n) is 2.18. The van der Waals surface area contributed by atoms with Crippen molar-refractivity contribution in [1.82, 2.24) is 0 Å². The highest BCUT2D eigenvalue weighted by Gasteiger charge is 2.34. The van der Waals surface area contributed by atoms with Gasteiger partial charge < -0.3 is 13.3 Å². The maximum Gasteiger partial charge on any atom is 0.562 e. The number of hydrogen-bond acceptors (Lipinski definition) is 3. The molecule has 0 unspecified atom stereocenters. The van der Waals surface area contributed by atoms with E-state index in [1.807, 2.05) is 30.8 Å². The summed E-state index contributed by atoms with van der Waals surface area (Å²) in [5, 5.41) is 0. The van der Waals surface area contributed by atoms with Gasteiger partial charge in [0.05, 0.1) is 0 Å². The lowest BCUT2D eigenvalue weighted by Crippen LogP contribution is -2.43. The lowest BCUT2D eigenvalue weighted by molar-refractivity contribution is 0.169. The number of para-hydroxylation sites is 1. The molecule has 0 aromatic heterocycles. The zero-order chi connectivity index (χ0) is 11.3. The smallest absolute Gasteiger partial charge is 0.500 e. The van der Waals surface area contributed by atoms with Crippen LogP contribution >= 0.6 is 0 Å². The van der Waals surface area contributed by atoms with Crippen molar-refractivity contribution < 1.29 is 13.3 Å². The third-order valence-corrected chi connectivity index (χ3v) is 4.25. The Morgan fingerprint density at radius 3 is 2.33 bits per heavy atom. The van der Waals surface area contributed by atoms with Gasteiger partial charge in [-0.2, -0.15) is 0 Å². The molecule has 0 radical (unpaired) electrons. The molecule has 15 heavy (non-hydrogen) atoms. The van der Waals surface area contributed by atoms with E-state index < -0.39 is 8.80 Å².